The normalized spacial score (nSPS) is 19.0. The van der Waals surface area contributed by atoms with Gasteiger partial charge in [0.05, 0.1) is 12.2 Å². The van der Waals surface area contributed by atoms with E-state index in [2.05, 4.69) is 29.6 Å². The van der Waals surface area contributed by atoms with Crippen LogP contribution in [0, 0.1) is 5.92 Å². The minimum Gasteiger partial charge on any atom is -0.462 e. The van der Waals surface area contributed by atoms with Gasteiger partial charge in [-0.1, -0.05) is 43.2 Å². The molecule has 1 fully saturated rings. The van der Waals surface area contributed by atoms with Crippen molar-refractivity contribution in [3.05, 3.63) is 51.9 Å². The first kappa shape index (κ1) is 20.1. The Labute approximate surface area is 176 Å². The van der Waals surface area contributed by atoms with Gasteiger partial charge in [-0.05, 0) is 62.0 Å². The van der Waals surface area contributed by atoms with E-state index >= 15 is 0 Å². The zero-order valence-corrected chi connectivity index (χ0v) is 17.9. The Balaban J connectivity index is 1.57. The third-order valence-electron chi connectivity index (χ3n) is 6.22. The molecule has 0 unspecified atom stereocenters. The molecule has 2 aliphatic rings. The number of hydrogen-bond acceptors (Lipinski definition) is 4. The summed E-state index contributed by atoms with van der Waals surface area (Å²) in [4.78, 5) is 26.6. The molecule has 5 heteroatoms. The van der Waals surface area contributed by atoms with Crippen LogP contribution in [0.1, 0.15) is 77.7 Å². The van der Waals surface area contributed by atoms with Gasteiger partial charge in [-0.3, -0.25) is 4.79 Å². The van der Waals surface area contributed by atoms with E-state index in [1.807, 2.05) is 13.0 Å². The second kappa shape index (κ2) is 9.12. The van der Waals surface area contributed by atoms with Crippen molar-refractivity contribution in [3.8, 4) is 0 Å². The van der Waals surface area contributed by atoms with Gasteiger partial charge < -0.3 is 10.1 Å². The Morgan fingerprint density at radius 2 is 1.90 bits per heavy atom. The monoisotopic (exact) mass is 411 g/mol. The fraction of sp³-hybridized carbons (Fsp3) is 0.500. The number of anilines is 1. The lowest BCUT2D eigenvalue weighted by Gasteiger charge is -2.23. The Morgan fingerprint density at radius 3 is 2.62 bits per heavy atom. The first-order valence-electron chi connectivity index (χ1n) is 10.8. The molecular formula is C24H29NO3S. The lowest BCUT2D eigenvalue weighted by molar-refractivity contribution is -0.117. The molecular weight excluding hydrogens is 382 g/mol. The number of esters is 1. The zero-order chi connectivity index (χ0) is 20.2. The van der Waals surface area contributed by atoms with Crippen molar-refractivity contribution in [2.45, 2.75) is 64.2 Å². The van der Waals surface area contributed by atoms with Gasteiger partial charge in [0.15, 0.2) is 0 Å². The second-order valence-corrected chi connectivity index (χ2v) is 9.29. The van der Waals surface area contributed by atoms with Crippen LogP contribution in [-0.4, -0.2) is 18.5 Å². The number of amides is 1. The molecule has 1 heterocycles. The predicted octanol–water partition coefficient (Wildman–Crippen LogP) is 5.72. The molecule has 1 aromatic heterocycles. The second-order valence-electron chi connectivity index (χ2n) is 8.18. The van der Waals surface area contributed by atoms with Crippen LogP contribution in [0.3, 0.4) is 0 Å². The van der Waals surface area contributed by atoms with Crippen molar-refractivity contribution in [1.29, 1.82) is 0 Å². The van der Waals surface area contributed by atoms with Crippen LogP contribution < -0.4 is 5.32 Å². The van der Waals surface area contributed by atoms with Crippen LogP contribution >= 0.6 is 11.3 Å². The molecule has 4 nitrogen and oxygen atoms in total. The summed E-state index contributed by atoms with van der Waals surface area (Å²) in [6.45, 7) is 2.16. The van der Waals surface area contributed by atoms with Crippen molar-refractivity contribution in [1.82, 2.24) is 0 Å². The maximum atomic E-state index is 12.7. The van der Waals surface area contributed by atoms with Crippen LogP contribution in [0.25, 0.3) is 0 Å². The summed E-state index contributed by atoms with van der Waals surface area (Å²) in [6.07, 6.45) is 8.04. The average Bonchev–Trinajstić information content (AvgIpc) is 3.35. The number of ether oxygens (including phenoxy) is 1. The summed E-state index contributed by atoms with van der Waals surface area (Å²) in [5.41, 5.74) is 3.02. The van der Waals surface area contributed by atoms with E-state index in [1.54, 1.807) is 11.3 Å². The fourth-order valence-electron chi connectivity index (χ4n) is 4.76. The Kier molecular flexibility index (Phi) is 6.34. The highest BCUT2D eigenvalue weighted by Gasteiger charge is 2.31. The number of carbonyl (C=O) groups is 2. The number of rotatable bonds is 6. The largest absolute Gasteiger partial charge is 0.462 e. The van der Waals surface area contributed by atoms with E-state index in [0.29, 0.717) is 35.4 Å². The fourth-order valence-corrected chi connectivity index (χ4v) is 6.09. The number of carbonyl (C=O) groups excluding carboxylic acids is 2. The molecule has 0 radical (unpaired) electrons. The summed E-state index contributed by atoms with van der Waals surface area (Å²) in [7, 11) is 0. The highest BCUT2D eigenvalue weighted by molar-refractivity contribution is 7.17. The van der Waals surface area contributed by atoms with Crippen LogP contribution in [-0.2, 0) is 22.4 Å². The van der Waals surface area contributed by atoms with Gasteiger partial charge in [-0.15, -0.1) is 11.3 Å². The van der Waals surface area contributed by atoms with E-state index in [0.717, 1.165) is 37.7 Å². The third kappa shape index (κ3) is 4.55. The zero-order valence-electron chi connectivity index (χ0n) is 17.0. The van der Waals surface area contributed by atoms with Crippen molar-refractivity contribution < 1.29 is 14.3 Å². The van der Waals surface area contributed by atoms with Crippen LogP contribution in [0.4, 0.5) is 5.00 Å². The van der Waals surface area contributed by atoms with Crippen LogP contribution in [0.15, 0.2) is 30.3 Å². The van der Waals surface area contributed by atoms with E-state index in [4.69, 9.17) is 4.74 Å². The molecule has 4 rings (SSSR count). The van der Waals surface area contributed by atoms with Gasteiger partial charge >= 0.3 is 5.97 Å². The highest BCUT2D eigenvalue weighted by atomic mass is 32.1. The lowest BCUT2D eigenvalue weighted by atomic mass is 9.83. The summed E-state index contributed by atoms with van der Waals surface area (Å²) < 4.78 is 5.34. The minimum absolute atomic E-state index is 0.0284. The van der Waals surface area contributed by atoms with Crippen LogP contribution in [0.5, 0.6) is 0 Å². The van der Waals surface area contributed by atoms with Gasteiger partial charge in [0.25, 0.3) is 0 Å². The summed E-state index contributed by atoms with van der Waals surface area (Å²) in [6, 6.07) is 10.6. The topological polar surface area (TPSA) is 55.4 Å². The molecule has 29 heavy (non-hydrogen) atoms. The van der Waals surface area contributed by atoms with Crippen LogP contribution in [0.2, 0.25) is 0 Å². The predicted molar refractivity (Wildman–Crippen MR) is 117 cm³/mol. The summed E-state index contributed by atoms with van der Waals surface area (Å²) >= 11 is 1.57. The number of hydrogen-bond donors (Lipinski definition) is 1. The lowest BCUT2D eigenvalue weighted by Crippen LogP contribution is -2.18. The molecule has 1 saturated carbocycles. The summed E-state index contributed by atoms with van der Waals surface area (Å²) in [5, 5.41) is 3.75. The molecule has 1 atom stereocenters. The number of benzene rings is 1. The number of fused-ring (bicyclic) bond motifs is 1. The van der Waals surface area contributed by atoms with E-state index in [-0.39, 0.29) is 11.9 Å². The first-order chi connectivity index (χ1) is 14.2. The molecule has 1 aromatic carbocycles. The molecule has 0 bridgehead atoms. The first-order valence-corrected chi connectivity index (χ1v) is 11.6. The SMILES string of the molecule is CCOC(=O)c1c(NC(=O)CC2CCCC2)sc2c1CC[C@@H](c1ccccc1)C2. The van der Waals surface area contributed by atoms with Crippen molar-refractivity contribution in [2.75, 3.05) is 11.9 Å². The maximum Gasteiger partial charge on any atom is 0.341 e. The standard InChI is InChI=1S/C24H29NO3S/c1-2-28-24(27)22-19-13-12-18(17-10-4-3-5-11-17)15-20(19)29-23(22)25-21(26)14-16-8-6-7-9-16/h3-5,10-11,16,18H,2,6-9,12-15H2,1H3,(H,25,26)/t18-/m1/s1. The smallest absolute Gasteiger partial charge is 0.341 e. The van der Waals surface area contributed by atoms with E-state index in [1.165, 1.54) is 23.3 Å². The van der Waals surface area contributed by atoms with Gasteiger partial charge in [0.1, 0.15) is 5.00 Å². The number of thiophene rings is 1. The quantitative estimate of drug-likeness (QED) is 0.619. The molecule has 0 saturated heterocycles. The Bertz CT molecular complexity index is 868. The third-order valence-corrected chi connectivity index (χ3v) is 7.39. The minimum atomic E-state index is -0.306. The molecule has 2 aliphatic carbocycles. The molecule has 2 aromatic rings. The van der Waals surface area contributed by atoms with Gasteiger partial charge in [-0.25, -0.2) is 4.79 Å². The highest BCUT2D eigenvalue weighted by Crippen LogP contribution is 2.43. The van der Waals surface area contributed by atoms with Crippen molar-refractivity contribution >= 4 is 28.2 Å². The Hall–Kier alpha value is -2.14. The van der Waals surface area contributed by atoms with Crippen molar-refractivity contribution in [3.63, 3.8) is 0 Å². The molecule has 0 spiro atoms. The van der Waals surface area contributed by atoms with E-state index in [9.17, 15) is 9.59 Å². The summed E-state index contributed by atoms with van der Waals surface area (Å²) in [5.74, 6) is 0.664. The maximum absolute atomic E-state index is 12.7. The molecule has 1 amide bonds. The van der Waals surface area contributed by atoms with Gasteiger partial charge in [0.2, 0.25) is 5.91 Å². The molecule has 154 valence electrons. The van der Waals surface area contributed by atoms with Crippen molar-refractivity contribution in [2.24, 2.45) is 5.92 Å². The molecule has 1 N–H and O–H groups in total. The average molecular weight is 412 g/mol. The molecule has 0 aliphatic heterocycles. The van der Waals surface area contributed by atoms with E-state index < -0.39 is 0 Å². The van der Waals surface area contributed by atoms with Gasteiger partial charge in [-0.2, -0.15) is 0 Å². The Morgan fingerprint density at radius 1 is 1.14 bits per heavy atom. The number of nitrogens with one attached hydrogen (secondary N) is 1. The van der Waals surface area contributed by atoms with Gasteiger partial charge in [0, 0.05) is 11.3 Å².